The van der Waals surface area contributed by atoms with Crippen molar-refractivity contribution in [3.8, 4) is 0 Å². The van der Waals surface area contributed by atoms with Crippen molar-refractivity contribution in [3.05, 3.63) is 28.5 Å². The zero-order valence-corrected chi connectivity index (χ0v) is 20.7. The highest BCUT2D eigenvalue weighted by Crippen LogP contribution is 2.36. The summed E-state index contributed by atoms with van der Waals surface area (Å²) in [4.78, 5) is 18.7. The monoisotopic (exact) mass is 442 g/mol. The number of rotatable bonds is 5. The van der Waals surface area contributed by atoms with Crippen LogP contribution in [0.4, 0.5) is 4.79 Å². The van der Waals surface area contributed by atoms with E-state index in [0.29, 0.717) is 31.5 Å². The molecule has 0 spiro atoms. The van der Waals surface area contributed by atoms with Crippen LogP contribution in [0.3, 0.4) is 0 Å². The fourth-order valence-electron chi connectivity index (χ4n) is 2.75. The van der Waals surface area contributed by atoms with Gasteiger partial charge in [0.15, 0.2) is 8.32 Å². The second-order valence-electron chi connectivity index (χ2n) is 10.0. The molecular formula is C21H35ClN2O4Si. The molecule has 1 aromatic rings. The summed E-state index contributed by atoms with van der Waals surface area (Å²) >= 11 is 6.11. The van der Waals surface area contributed by atoms with Crippen molar-refractivity contribution in [1.82, 2.24) is 9.88 Å². The van der Waals surface area contributed by atoms with Gasteiger partial charge in [0.05, 0.1) is 32.0 Å². The minimum Gasteiger partial charge on any atom is -0.444 e. The summed E-state index contributed by atoms with van der Waals surface area (Å²) in [6, 6.07) is 3.63. The van der Waals surface area contributed by atoms with Crippen LogP contribution in [-0.2, 0) is 20.4 Å². The Morgan fingerprint density at radius 1 is 1.21 bits per heavy atom. The van der Waals surface area contributed by atoms with Gasteiger partial charge in [-0.1, -0.05) is 38.4 Å². The van der Waals surface area contributed by atoms with Crippen molar-refractivity contribution in [2.24, 2.45) is 0 Å². The Balaban J connectivity index is 2.07. The number of pyridine rings is 1. The molecule has 29 heavy (non-hydrogen) atoms. The maximum atomic E-state index is 12.6. The van der Waals surface area contributed by atoms with Crippen LogP contribution in [0.5, 0.6) is 0 Å². The molecule has 6 nitrogen and oxygen atoms in total. The summed E-state index contributed by atoms with van der Waals surface area (Å²) < 4.78 is 17.8. The number of amides is 1. The largest absolute Gasteiger partial charge is 0.444 e. The van der Waals surface area contributed by atoms with Crippen LogP contribution < -0.4 is 0 Å². The number of halogens is 1. The van der Waals surface area contributed by atoms with Crippen LogP contribution in [0, 0.1) is 0 Å². The Morgan fingerprint density at radius 3 is 2.45 bits per heavy atom. The van der Waals surface area contributed by atoms with Crippen LogP contribution in [0.1, 0.15) is 58.9 Å². The minimum atomic E-state index is -1.83. The Bertz CT molecular complexity index is 728. The van der Waals surface area contributed by atoms with E-state index in [0.717, 1.165) is 11.3 Å². The summed E-state index contributed by atoms with van der Waals surface area (Å²) in [6.07, 6.45) is -0.725. The predicted molar refractivity (Wildman–Crippen MR) is 118 cm³/mol. The van der Waals surface area contributed by atoms with Gasteiger partial charge in [0.1, 0.15) is 16.9 Å². The van der Waals surface area contributed by atoms with E-state index < -0.39 is 13.9 Å². The van der Waals surface area contributed by atoms with Gasteiger partial charge in [-0.05, 0) is 50.5 Å². The van der Waals surface area contributed by atoms with Crippen LogP contribution >= 0.6 is 11.6 Å². The van der Waals surface area contributed by atoms with Gasteiger partial charge >= 0.3 is 6.09 Å². The highest BCUT2D eigenvalue weighted by atomic mass is 35.5. The number of ether oxygens (including phenoxy) is 2. The van der Waals surface area contributed by atoms with E-state index in [1.165, 1.54) is 0 Å². The molecule has 1 amide bonds. The lowest BCUT2D eigenvalue weighted by Gasteiger charge is -2.37. The first-order chi connectivity index (χ1) is 13.2. The molecule has 0 fully saturated rings. The second kappa shape index (κ2) is 8.92. The third-order valence-corrected chi connectivity index (χ3v) is 10.1. The highest BCUT2D eigenvalue weighted by molar-refractivity contribution is 6.74. The molecule has 0 saturated heterocycles. The Labute approximate surface area is 181 Å². The summed E-state index contributed by atoms with van der Waals surface area (Å²) in [5, 5.41) is 0.563. The van der Waals surface area contributed by atoms with E-state index in [4.69, 9.17) is 25.5 Å². The smallest absolute Gasteiger partial charge is 0.410 e. The first kappa shape index (κ1) is 24.1. The topological polar surface area (TPSA) is 60.9 Å². The molecule has 2 rings (SSSR count). The Kier molecular flexibility index (Phi) is 7.42. The SMILES string of the molecule is CC(C)(C)OC(=O)N1Cc2ccc(Cl)nc2C(OCCO[Si](C)(C)C(C)(C)C)C1. The molecule has 8 heteroatoms. The van der Waals surface area contributed by atoms with E-state index in [1.54, 1.807) is 11.0 Å². The molecule has 0 bridgehead atoms. The molecule has 1 unspecified atom stereocenters. The number of aromatic nitrogens is 1. The third kappa shape index (κ3) is 6.67. The van der Waals surface area contributed by atoms with Gasteiger partial charge in [0.2, 0.25) is 0 Å². The lowest BCUT2D eigenvalue weighted by molar-refractivity contribution is -0.0207. The van der Waals surface area contributed by atoms with Gasteiger partial charge in [-0.3, -0.25) is 0 Å². The molecule has 1 aromatic heterocycles. The average molecular weight is 443 g/mol. The molecule has 2 heterocycles. The van der Waals surface area contributed by atoms with Crippen LogP contribution in [0.2, 0.25) is 23.3 Å². The molecule has 0 saturated carbocycles. The van der Waals surface area contributed by atoms with Crippen molar-refractivity contribution in [2.45, 2.75) is 77.9 Å². The zero-order chi connectivity index (χ0) is 22.0. The minimum absolute atomic E-state index is 0.146. The maximum Gasteiger partial charge on any atom is 0.410 e. The molecular weight excluding hydrogens is 408 g/mol. The molecule has 1 aliphatic rings. The van der Waals surface area contributed by atoms with E-state index in [1.807, 2.05) is 26.8 Å². The fraction of sp³-hybridized carbons (Fsp3) is 0.714. The van der Waals surface area contributed by atoms with E-state index >= 15 is 0 Å². The number of nitrogens with zero attached hydrogens (tertiary/aromatic N) is 2. The average Bonchev–Trinajstić information content (AvgIpc) is 2.56. The number of hydrogen-bond donors (Lipinski definition) is 0. The normalized spacial score (nSPS) is 17.8. The van der Waals surface area contributed by atoms with Crippen LogP contribution in [-0.4, -0.2) is 49.7 Å². The van der Waals surface area contributed by atoms with Gasteiger partial charge in [-0.2, -0.15) is 0 Å². The van der Waals surface area contributed by atoms with Crippen molar-refractivity contribution in [1.29, 1.82) is 0 Å². The van der Waals surface area contributed by atoms with E-state index in [9.17, 15) is 4.79 Å². The molecule has 0 radical (unpaired) electrons. The van der Waals surface area contributed by atoms with Crippen LogP contribution in [0.25, 0.3) is 0 Å². The quantitative estimate of drug-likeness (QED) is 0.339. The van der Waals surface area contributed by atoms with Gasteiger partial charge in [-0.15, -0.1) is 0 Å². The first-order valence-electron chi connectivity index (χ1n) is 10.1. The highest BCUT2D eigenvalue weighted by Gasteiger charge is 2.37. The van der Waals surface area contributed by atoms with E-state index in [2.05, 4.69) is 38.8 Å². The summed E-state index contributed by atoms with van der Waals surface area (Å²) in [6.45, 7) is 18.4. The first-order valence-corrected chi connectivity index (χ1v) is 13.4. The molecule has 1 atom stereocenters. The number of carbonyl (C=O) groups is 1. The van der Waals surface area contributed by atoms with Gasteiger partial charge in [0.25, 0.3) is 0 Å². The summed E-state index contributed by atoms with van der Waals surface area (Å²) in [7, 11) is -1.83. The number of carbonyl (C=O) groups excluding carboxylic acids is 1. The molecule has 0 aromatic carbocycles. The predicted octanol–water partition coefficient (Wildman–Crippen LogP) is 5.57. The second-order valence-corrected chi connectivity index (χ2v) is 15.2. The van der Waals surface area contributed by atoms with Crippen molar-refractivity contribution in [3.63, 3.8) is 0 Å². The summed E-state index contributed by atoms with van der Waals surface area (Å²) in [5.41, 5.74) is 1.15. The molecule has 1 aliphatic heterocycles. The Hall–Kier alpha value is -1.15. The molecule has 164 valence electrons. The molecule has 0 N–H and O–H groups in total. The molecule has 0 aliphatic carbocycles. The lowest BCUT2D eigenvalue weighted by Crippen LogP contribution is -2.43. The Morgan fingerprint density at radius 2 is 1.86 bits per heavy atom. The number of fused-ring (bicyclic) bond motifs is 1. The summed E-state index contributed by atoms with van der Waals surface area (Å²) in [5.74, 6) is 0. The standard InChI is InChI=1S/C21H35ClN2O4Si/c1-20(2,3)28-19(25)24-13-15-9-10-17(22)23-18(15)16(14-24)26-11-12-27-29(7,8)21(4,5)6/h9-10,16H,11-14H2,1-8H3. The van der Waals surface area contributed by atoms with Gasteiger partial charge in [0, 0.05) is 0 Å². The van der Waals surface area contributed by atoms with Crippen molar-refractivity contribution < 1.29 is 18.7 Å². The number of hydrogen-bond acceptors (Lipinski definition) is 5. The van der Waals surface area contributed by atoms with Gasteiger partial charge in [-0.25, -0.2) is 9.78 Å². The van der Waals surface area contributed by atoms with Crippen molar-refractivity contribution in [2.75, 3.05) is 19.8 Å². The lowest BCUT2D eigenvalue weighted by atomic mass is 10.0. The van der Waals surface area contributed by atoms with Crippen LogP contribution in [0.15, 0.2) is 12.1 Å². The van der Waals surface area contributed by atoms with Crippen molar-refractivity contribution >= 4 is 26.0 Å². The third-order valence-electron chi connectivity index (χ3n) is 5.35. The fourth-order valence-corrected chi connectivity index (χ4v) is 3.93. The van der Waals surface area contributed by atoms with E-state index in [-0.39, 0.29) is 17.2 Å². The zero-order valence-electron chi connectivity index (χ0n) is 19.0. The maximum absolute atomic E-state index is 12.6. The van der Waals surface area contributed by atoms with Gasteiger partial charge < -0.3 is 18.8 Å².